The van der Waals surface area contributed by atoms with E-state index in [2.05, 4.69) is 84.8 Å². The molecule has 1 N–H and O–H groups in total. The molecule has 0 fully saturated rings. The highest BCUT2D eigenvalue weighted by atomic mass is 127. The largest absolute Gasteiger partial charge is 0.506 e. The molecule has 4 nitrogen and oxygen atoms in total. The number of hydrogen-bond donors (Lipinski definition) is 1. The van der Waals surface area contributed by atoms with Gasteiger partial charge in [-0.05, 0) is 82.5 Å². The Morgan fingerprint density at radius 2 is 1.83 bits per heavy atom. The predicted molar refractivity (Wildman–Crippen MR) is 155 cm³/mol. The fourth-order valence-electron chi connectivity index (χ4n) is 4.80. The quantitative estimate of drug-likeness (QED) is 0.253. The van der Waals surface area contributed by atoms with Gasteiger partial charge in [0.1, 0.15) is 5.75 Å². The molecule has 8 heteroatoms. The highest BCUT2D eigenvalue weighted by molar-refractivity contribution is 14.1. The Bertz CT molecular complexity index is 1720. The lowest BCUT2D eigenvalue weighted by atomic mass is 9.83. The molecule has 2 aliphatic rings. The Hall–Kier alpha value is -2.01. The summed E-state index contributed by atoms with van der Waals surface area (Å²) in [7, 11) is 0. The molecule has 0 radical (unpaired) electrons. The number of phenols is 1. The molecule has 0 amide bonds. The van der Waals surface area contributed by atoms with E-state index in [4.69, 9.17) is 4.99 Å². The summed E-state index contributed by atoms with van der Waals surface area (Å²) in [6.45, 7) is 0. The third kappa shape index (κ3) is 4.08. The maximum absolute atomic E-state index is 13.8. The average Bonchev–Trinajstić information content (AvgIpc) is 3.16. The van der Waals surface area contributed by atoms with Gasteiger partial charge in [0.25, 0.3) is 5.56 Å². The lowest BCUT2D eigenvalue weighted by Crippen LogP contribution is -2.38. The van der Waals surface area contributed by atoms with Gasteiger partial charge in [-0.15, -0.1) is 0 Å². The van der Waals surface area contributed by atoms with Crippen molar-refractivity contribution >= 4 is 77.6 Å². The minimum absolute atomic E-state index is 0.0959. The first kappa shape index (κ1) is 23.4. The van der Waals surface area contributed by atoms with E-state index < -0.39 is 0 Å². The van der Waals surface area contributed by atoms with Crippen LogP contribution in [-0.2, 0) is 6.42 Å². The van der Waals surface area contributed by atoms with Crippen molar-refractivity contribution in [3.63, 3.8) is 0 Å². The maximum atomic E-state index is 13.8. The van der Waals surface area contributed by atoms with Gasteiger partial charge >= 0.3 is 0 Å². The van der Waals surface area contributed by atoms with Crippen LogP contribution in [0.1, 0.15) is 34.7 Å². The number of halogens is 3. The fourth-order valence-corrected chi connectivity index (χ4v) is 7.61. The van der Waals surface area contributed by atoms with Crippen LogP contribution in [0.25, 0.3) is 11.8 Å². The van der Waals surface area contributed by atoms with E-state index in [1.165, 1.54) is 22.5 Å². The van der Waals surface area contributed by atoms with Crippen LogP contribution in [0.3, 0.4) is 0 Å². The second-order valence-electron chi connectivity index (χ2n) is 8.49. The molecule has 3 aromatic carbocycles. The molecule has 4 aromatic rings. The molecule has 174 valence electrons. The molecular formula is C27H17Br2IN2O2S. The van der Waals surface area contributed by atoms with Gasteiger partial charge in [-0.2, -0.15) is 0 Å². The van der Waals surface area contributed by atoms with Crippen LogP contribution in [0.4, 0.5) is 0 Å². The number of hydrogen-bond acceptors (Lipinski definition) is 4. The number of phenolic OH excluding ortho intramolecular Hbond substituents is 1. The number of allylic oxidation sites excluding steroid dienone is 1. The molecule has 0 unspecified atom stereocenters. The zero-order valence-corrected chi connectivity index (χ0v) is 24.3. The summed E-state index contributed by atoms with van der Waals surface area (Å²) in [6.07, 6.45) is 3.54. The van der Waals surface area contributed by atoms with E-state index in [1.54, 1.807) is 6.08 Å². The topological polar surface area (TPSA) is 54.6 Å². The summed E-state index contributed by atoms with van der Waals surface area (Å²) >= 11 is 10.5. The first-order valence-corrected chi connectivity index (χ1v) is 14.5. The van der Waals surface area contributed by atoms with Crippen LogP contribution < -0.4 is 14.9 Å². The minimum atomic E-state index is -0.221. The van der Waals surface area contributed by atoms with Crippen LogP contribution >= 0.6 is 65.8 Å². The van der Waals surface area contributed by atoms with Gasteiger partial charge in [0.2, 0.25) is 0 Å². The first-order valence-electron chi connectivity index (χ1n) is 11.0. The SMILES string of the molecule is O=c1/c(=C/c2cc(Br)cc(I)c2O)sc2n1[C@H](c1ccc(Br)cc1)C1=C(N=2)c2ccccc2CC1. The Labute approximate surface area is 235 Å². The van der Waals surface area contributed by atoms with Crippen LogP contribution in [0, 0.1) is 3.57 Å². The van der Waals surface area contributed by atoms with E-state index in [-0.39, 0.29) is 17.4 Å². The number of rotatable bonds is 2. The smallest absolute Gasteiger partial charge is 0.271 e. The number of nitrogens with zero attached hydrogens (tertiary/aromatic N) is 2. The third-order valence-electron chi connectivity index (χ3n) is 6.40. The summed E-state index contributed by atoms with van der Waals surface area (Å²) < 4.78 is 4.93. The Kier molecular flexibility index (Phi) is 6.11. The number of aryl methyl sites for hydroxylation is 1. The number of thiazole rings is 1. The first-order chi connectivity index (χ1) is 16.9. The molecule has 1 aliphatic carbocycles. The zero-order valence-electron chi connectivity index (χ0n) is 18.1. The van der Waals surface area contributed by atoms with E-state index in [9.17, 15) is 9.90 Å². The molecule has 0 bridgehead atoms. The van der Waals surface area contributed by atoms with E-state index in [0.717, 1.165) is 42.2 Å². The molecular weight excluding hydrogens is 703 g/mol. The van der Waals surface area contributed by atoms with Crippen molar-refractivity contribution in [2.24, 2.45) is 4.99 Å². The highest BCUT2D eigenvalue weighted by Crippen LogP contribution is 2.41. The second-order valence-corrected chi connectivity index (χ2v) is 12.5. The molecule has 6 rings (SSSR count). The Morgan fingerprint density at radius 1 is 1.06 bits per heavy atom. The molecule has 2 heterocycles. The van der Waals surface area contributed by atoms with Crippen LogP contribution in [-0.4, -0.2) is 9.67 Å². The Balaban J connectivity index is 1.64. The Morgan fingerprint density at radius 3 is 2.63 bits per heavy atom. The van der Waals surface area contributed by atoms with Gasteiger partial charge in [-0.1, -0.05) is 79.6 Å². The standard InChI is InChI=1S/C27H17Br2IN2O2S/c28-17-8-5-15(6-9-17)24-20-10-7-14-3-1-2-4-19(14)23(20)31-27-32(24)26(34)22(35-27)12-16-11-18(29)13-21(30)25(16)33/h1-6,8-9,11-13,24,33H,7,10H2/b22-12-/t24-/m1/s1. The monoisotopic (exact) mass is 718 g/mol. The van der Waals surface area contributed by atoms with Gasteiger partial charge < -0.3 is 5.11 Å². The lowest BCUT2D eigenvalue weighted by Gasteiger charge is -2.30. The van der Waals surface area contributed by atoms with Crippen molar-refractivity contribution in [3.8, 4) is 5.75 Å². The maximum Gasteiger partial charge on any atom is 0.271 e. The van der Waals surface area contributed by atoms with Gasteiger partial charge in [-0.3, -0.25) is 9.36 Å². The summed E-state index contributed by atoms with van der Waals surface area (Å²) in [6, 6.07) is 20.0. The minimum Gasteiger partial charge on any atom is -0.506 e. The van der Waals surface area contributed by atoms with Crippen molar-refractivity contribution in [3.05, 3.63) is 121 Å². The van der Waals surface area contributed by atoms with E-state index in [0.29, 0.717) is 14.9 Å². The van der Waals surface area contributed by atoms with Gasteiger partial charge in [0, 0.05) is 20.1 Å². The van der Waals surface area contributed by atoms with Crippen molar-refractivity contribution in [2.45, 2.75) is 18.9 Å². The summed E-state index contributed by atoms with van der Waals surface area (Å²) in [4.78, 5) is 19.5. The molecule has 35 heavy (non-hydrogen) atoms. The number of aromatic nitrogens is 1. The molecule has 0 saturated heterocycles. The third-order valence-corrected chi connectivity index (χ3v) is 9.19. The number of aromatic hydroxyl groups is 1. The van der Waals surface area contributed by atoms with Gasteiger partial charge in [0.15, 0.2) is 4.80 Å². The lowest BCUT2D eigenvalue weighted by molar-refractivity contribution is 0.470. The van der Waals surface area contributed by atoms with Crippen LogP contribution in [0.15, 0.2) is 85.0 Å². The normalized spacial score (nSPS) is 17.0. The van der Waals surface area contributed by atoms with E-state index in [1.807, 2.05) is 34.9 Å². The second kappa shape index (κ2) is 9.14. The predicted octanol–water partition coefficient (Wildman–Crippen LogP) is 6.15. The molecule has 0 spiro atoms. The van der Waals surface area contributed by atoms with E-state index >= 15 is 0 Å². The van der Waals surface area contributed by atoms with Crippen molar-refractivity contribution in [1.29, 1.82) is 0 Å². The molecule has 1 aliphatic heterocycles. The fraction of sp³-hybridized carbons (Fsp3) is 0.111. The highest BCUT2D eigenvalue weighted by Gasteiger charge is 2.32. The van der Waals surface area contributed by atoms with Gasteiger partial charge in [-0.25, -0.2) is 4.99 Å². The summed E-state index contributed by atoms with van der Waals surface area (Å²) in [5, 5.41) is 10.6. The molecule has 1 atom stereocenters. The number of benzene rings is 3. The van der Waals surface area contributed by atoms with Crippen molar-refractivity contribution in [2.75, 3.05) is 0 Å². The van der Waals surface area contributed by atoms with Crippen molar-refractivity contribution < 1.29 is 5.11 Å². The van der Waals surface area contributed by atoms with Crippen LogP contribution in [0.2, 0.25) is 0 Å². The zero-order chi connectivity index (χ0) is 24.3. The van der Waals surface area contributed by atoms with Gasteiger partial charge in [0.05, 0.1) is 19.8 Å². The van der Waals surface area contributed by atoms with Crippen LogP contribution in [0.5, 0.6) is 5.75 Å². The number of fused-ring (bicyclic) bond motifs is 3. The molecule has 0 saturated carbocycles. The van der Waals surface area contributed by atoms with Crippen molar-refractivity contribution in [1.82, 2.24) is 4.57 Å². The molecule has 1 aromatic heterocycles. The summed E-state index contributed by atoms with van der Waals surface area (Å²) in [5.74, 6) is 0.164. The average molecular weight is 720 g/mol. The summed E-state index contributed by atoms with van der Waals surface area (Å²) in [5.41, 5.74) is 6.15.